The summed E-state index contributed by atoms with van der Waals surface area (Å²) >= 11 is 1.42. The number of hydrogen-bond acceptors (Lipinski definition) is 4. The molecule has 0 bridgehead atoms. The minimum absolute atomic E-state index is 0.0192. The van der Waals surface area contributed by atoms with Crippen molar-refractivity contribution in [2.45, 2.75) is 82.3 Å². The summed E-state index contributed by atoms with van der Waals surface area (Å²) in [5.74, 6) is 0.157. The lowest BCUT2D eigenvalue weighted by atomic mass is 9.94. The van der Waals surface area contributed by atoms with Gasteiger partial charge in [-0.1, -0.05) is 50.1 Å². The monoisotopic (exact) mass is 401 g/mol. The molecule has 2 aromatic rings. The average Bonchev–Trinajstić information content (AvgIpc) is 2.72. The van der Waals surface area contributed by atoms with Gasteiger partial charge in [-0.25, -0.2) is 4.98 Å². The second-order valence-corrected chi connectivity index (χ2v) is 8.85. The SMILES string of the molecule is CCCn1c(SC(C)C(=O)N(CC)C2CCCCC2)nc2ccccc2c1=O. The van der Waals surface area contributed by atoms with Crippen molar-refractivity contribution >= 4 is 28.6 Å². The van der Waals surface area contributed by atoms with Crippen LogP contribution in [0.5, 0.6) is 0 Å². The first-order valence-electron chi connectivity index (χ1n) is 10.5. The number of hydrogen-bond donors (Lipinski definition) is 0. The Morgan fingerprint density at radius 3 is 2.64 bits per heavy atom. The topological polar surface area (TPSA) is 55.2 Å². The maximum atomic E-state index is 13.2. The number of thioether (sulfide) groups is 1. The van der Waals surface area contributed by atoms with Crippen molar-refractivity contribution in [2.24, 2.45) is 0 Å². The molecule has 6 heteroatoms. The number of aromatic nitrogens is 2. The molecule has 5 nitrogen and oxygen atoms in total. The molecule has 0 radical (unpaired) electrons. The molecule has 1 heterocycles. The Morgan fingerprint density at radius 2 is 1.96 bits per heavy atom. The Balaban J connectivity index is 1.86. The summed E-state index contributed by atoms with van der Waals surface area (Å²) < 4.78 is 1.73. The van der Waals surface area contributed by atoms with E-state index in [1.54, 1.807) is 4.57 Å². The van der Waals surface area contributed by atoms with E-state index in [2.05, 4.69) is 6.92 Å². The maximum absolute atomic E-state index is 13.2. The van der Waals surface area contributed by atoms with Crippen LogP contribution in [0.3, 0.4) is 0 Å². The molecule has 0 saturated heterocycles. The van der Waals surface area contributed by atoms with Gasteiger partial charge in [-0.05, 0) is 45.2 Å². The molecule has 1 aliphatic carbocycles. The quantitative estimate of drug-likeness (QED) is 0.507. The number of carbonyl (C=O) groups is 1. The highest BCUT2D eigenvalue weighted by molar-refractivity contribution is 8.00. The van der Waals surface area contributed by atoms with E-state index in [4.69, 9.17) is 4.98 Å². The highest BCUT2D eigenvalue weighted by Gasteiger charge is 2.29. The van der Waals surface area contributed by atoms with E-state index in [1.807, 2.05) is 43.0 Å². The fourth-order valence-corrected chi connectivity index (χ4v) is 5.09. The molecule has 1 unspecified atom stereocenters. The maximum Gasteiger partial charge on any atom is 0.262 e. The zero-order valence-corrected chi connectivity index (χ0v) is 18.0. The van der Waals surface area contributed by atoms with Crippen LogP contribution in [-0.2, 0) is 11.3 Å². The number of benzene rings is 1. The zero-order valence-electron chi connectivity index (χ0n) is 17.2. The molecule has 1 fully saturated rings. The first-order valence-corrected chi connectivity index (χ1v) is 11.4. The van der Waals surface area contributed by atoms with Crippen LogP contribution in [0, 0.1) is 0 Å². The smallest absolute Gasteiger partial charge is 0.262 e. The van der Waals surface area contributed by atoms with Crippen LogP contribution < -0.4 is 5.56 Å². The lowest BCUT2D eigenvalue weighted by Crippen LogP contribution is -2.44. The van der Waals surface area contributed by atoms with E-state index in [0.29, 0.717) is 28.6 Å². The number of carbonyl (C=O) groups excluding carboxylic acids is 1. The van der Waals surface area contributed by atoms with Gasteiger partial charge in [0.1, 0.15) is 0 Å². The Morgan fingerprint density at radius 1 is 1.25 bits per heavy atom. The molecule has 1 aromatic carbocycles. The zero-order chi connectivity index (χ0) is 20.1. The van der Waals surface area contributed by atoms with Gasteiger partial charge >= 0.3 is 0 Å². The van der Waals surface area contributed by atoms with Crippen molar-refractivity contribution in [1.29, 1.82) is 0 Å². The molecular formula is C22H31N3O2S. The largest absolute Gasteiger partial charge is 0.339 e. The molecule has 1 aliphatic rings. The van der Waals surface area contributed by atoms with Crippen LogP contribution in [0.1, 0.15) is 59.3 Å². The van der Waals surface area contributed by atoms with Crippen LogP contribution in [-0.4, -0.2) is 38.2 Å². The second kappa shape index (κ2) is 9.59. The Hall–Kier alpha value is -1.82. The van der Waals surface area contributed by atoms with Gasteiger partial charge in [0.2, 0.25) is 5.91 Å². The van der Waals surface area contributed by atoms with Gasteiger partial charge in [-0.2, -0.15) is 0 Å². The molecule has 1 atom stereocenters. The molecule has 1 saturated carbocycles. The van der Waals surface area contributed by atoms with Gasteiger partial charge in [0.05, 0.1) is 16.2 Å². The minimum atomic E-state index is -0.266. The fourth-order valence-electron chi connectivity index (χ4n) is 4.09. The molecule has 1 amide bonds. The van der Waals surface area contributed by atoms with Crippen molar-refractivity contribution in [2.75, 3.05) is 6.54 Å². The van der Waals surface area contributed by atoms with Crippen LogP contribution >= 0.6 is 11.8 Å². The van der Waals surface area contributed by atoms with Crippen molar-refractivity contribution in [3.05, 3.63) is 34.6 Å². The summed E-state index contributed by atoms with van der Waals surface area (Å²) in [4.78, 5) is 32.9. The lowest BCUT2D eigenvalue weighted by molar-refractivity contribution is -0.133. The van der Waals surface area contributed by atoms with Crippen molar-refractivity contribution in [3.8, 4) is 0 Å². The third kappa shape index (κ3) is 4.43. The van der Waals surface area contributed by atoms with Gasteiger partial charge < -0.3 is 4.90 Å². The molecule has 0 aliphatic heterocycles. The van der Waals surface area contributed by atoms with E-state index in [0.717, 1.165) is 25.8 Å². The van der Waals surface area contributed by atoms with Crippen LogP contribution in [0.4, 0.5) is 0 Å². The highest BCUT2D eigenvalue weighted by Crippen LogP contribution is 2.28. The molecular weight excluding hydrogens is 370 g/mol. The molecule has 152 valence electrons. The fraction of sp³-hybridized carbons (Fsp3) is 0.591. The van der Waals surface area contributed by atoms with Crippen LogP contribution in [0.2, 0.25) is 0 Å². The Bertz CT molecular complexity index is 874. The number of nitrogens with zero attached hydrogens (tertiary/aromatic N) is 3. The summed E-state index contributed by atoms with van der Waals surface area (Å²) in [6.07, 6.45) is 6.74. The van der Waals surface area contributed by atoms with E-state index in [9.17, 15) is 9.59 Å². The van der Waals surface area contributed by atoms with E-state index in [-0.39, 0.29) is 16.7 Å². The normalized spacial score (nSPS) is 16.2. The van der Waals surface area contributed by atoms with E-state index < -0.39 is 0 Å². The van der Waals surface area contributed by atoms with Gasteiger partial charge in [-0.15, -0.1) is 0 Å². The van der Waals surface area contributed by atoms with Gasteiger partial charge in [-0.3, -0.25) is 14.2 Å². The summed E-state index contributed by atoms with van der Waals surface area (Å²) in [6, 6.07) is 7.80. The third-order valence-corrected chi connectivity index (χ3v) is 6.62. The number of rotatable bonds is 7. The van der Waals surface area contributed by atoms with Crippen LogP contribution in [0.15, 0.2) is 34.2 Å². The van der Waals surface area contributed by atoms with E-state index >= 15 is 0 Å². The van der Waals surface area contributed by atoms with Crippen LogP contribution in [0.25, 0.3) is 10.9 Å². The Kier molecular flexibility index (Phi) is 7.16. The van der Waals surface area contributed by atoms with Gasteiger partial charge in [0, 0.05) is 19.1 Å². The first-order chi connectivity index (χ1) is 13.6. The van der Waals surface area contributed by atoms with Crippen molar-refractivity contribution in [3.63, 3.8) is 0 Å². The molecule has 1 aromatic heterocycles. The predicted octanol–water partition coefficient (Wildman–Crippen LogP) is 4.47. The number of fused-ring (bicyclic) bond motifs is 1. The van der Waals surface area contributed by atoms with Crippen molar-refractivity contribution < 1.29 is 4.79 Å². The second-order valence-electron chi connectivity index (χ2n) is 7.54. The lowest BCUT2D eigenvalue weighted by Gasteiger charge is -2.35. The first kappa shape index (κ1) is 20.9. The highest BCUT2D eigenvalue weighted by atomic mass is 32.2. The van der Waals surface area contributed by atoms with Crippen molar-refractivity contribution in [1.82, 2.24) is 14.5 Å². The minimum Gasteiger partial charge on any atom is -0.339 e. The third-order valence-electron chi connectivity index (χ3n) is 5.54. The number of para-hydroxylation sites is 1. The van der Waals surface area contributed by atoms with E-state index in [1.165, 1.54) is 31.0 Å². The molecule has 28 heavy (non-hydrogen) atoms. The average molecular weight is 402 g/mol. The standard InChI is InChI=1S/C22H31N3O2S/c1-4-15-25-21(27)18-13-9-10-14-19(18)23-22(25)28-16(3)20(26)24(5-2)17-11-7-6-8-12-17/h9-10,13-14,16-17H,4-8,11-12,15H2,1-3H3. The summed E-state index contributed by atoms with van der Waals surface area (Å²) in [7, 11) is 0. The summed E-state index contributed by atoms with van der Waals surface area (Å²) in [6.45, 7) is 7.40. The molecule has 0 N–H and O–H groups in total. The molecule has 0 spiro atoms. The van der Waals surface area contributed by atoms with Gasteiger partial charge in [0.15, 0.2) is 5.16 Å². The summed E-state index contributed by atoms with van der Waals surface area (Å²) in [5.41, 5.74) is 0.677. The predicted molar refractivity (Wildman–Crippen MR) is 116 cm³/mol. The Labute approximate surface area is 171 Å². The summed E-state index contributed by atoms with van der Waals surface area (Å²) in [5, 5.41) is 1.01. The van der Waals surface area contributed by atoms with Gasteiger partial charge in [0.25, 0.3) is 5.56 Å². The molecule has 3 rings (SSSR count). The number of amides is 1.